The summed E-state index contributed by atoms with van der Waals surface area (Å²) in [6, 6.07) is 10.7. The van der Waals surface area contributed by atoms with E-state index < -0.39 is 10.8 Å². The number of carbonyl (C=O) groups is 1. The molecule has 0 saturated heterocycles. The molecule has 0 atom stereocenters. The van der Waals surface area contributed by atoms with Crippen LogP contribution < -0.4 is 10.6 Å². The van der Waals surface area contributed by atoms with Crippen LogP contribution in [0.3, 0.4) is 0 Å². The summed E-state index contributed by atoms with van der Waals surface area (Å²) in [4.78, 5) is 22.6. The second-order valence-corrected chi connectivity index (χ2v) is 4.64. The van der Waals surface area contributed by atoms with Gasteiger partial charge in [-0.2, -0.15) is 0 Å². The highest BCUT2D eigenvalue weighted by molar-refractivity contribution is 6.30. The summed E-state index contributed by atoms with van der Waals surface area (Å²) < 4.78 is 0. The second kappa shape index (κ2) is 6.23. The van der Waals surface area contributed by atoms with Crippen molar-refractivity contribution in [1.29, 1.82) is 0 Å². The molecule has 1 amide bonds. The minimum absolute atomic E-state index is 0.0122. The number of amides is 1. The molecule has 7 heteroatoms. The monoisotopic (exact) mass is 305 g/mol. The van der Waals surface area contributed by atoms with E-state index in [-0.39, 0.29) is 11.3 Å². The van der Waals surface area contributed by atoms with Crippen LogP contribution in [-0.4, -0.2) is 17.9 Å². The van der Waals surface area contributed by atoms with E-state index in [2.05, 4.69) is 10.6 Å². The molecule has 21 heavy (non-hydrogen) atoms. The van der Waals surface area contributed by atoms with Gasteiger partial charge in [-0.1, -0.05) is 11.6 Å². The van der Waals surface area contributed by atoms with Gasteiger partial charge in [-0.15, -0.1) is 0 Å². The fraction of sp³-hybridized carbons (Fsp3) is 0.0714. The largest absolute Gasteiger partial charge is 0.388 e. The number of anilines is 2. The van der Waals surface area contributed by atoms with E-state index in [0.29, 0.717) is 16.4 Å². The molecule has 2 rings (SSSR count). The number of nitrogens with zero attached hydrogens (tertiary/aromatic N) is 1. The molecule has 0 saturated carbocycles. The normalized spacial score (nSPS) is 10.0. The lowest BCUT2D eigenvalue weighted by molar-refractivity contribution is -0.385. The smallest absolute Gasteiger partial charge is 0.282 e. The molecule has 0 fully saturated rings. The predicted octanol–water partition coefficient (Wildman–Crippen LogP) is 3.54. The maximum absolute atomic E-state index is 12.2. The van der Waals surface area contributed by atoms with Crippen molar-refractivity contribution in [3.63, 3.8) is 0 Å². The SMILES string of the molecule is CNc1ccc([N+](=O)[O-])c(C(=O)Nc2ccc(Cl)cc2)c1. The highest BCUT2D eigenvalue weighted by Gasteiger charge is 2.20. The lowest BCUT2D eigenvalue weighted by Crippen LogP contribution is -2.14. The summed E-state index contributed by atoms with van der Waals surface area (Å²) in [5.41, 5.74) is 0.859. The van der Waals surface area contributed by atoms with Gasteiger partial charge in [0.15, 0.2) is 0 Å². The van der Waals surface area contributed by atoms with Crippen molar-refractivity contribution < 1.29 is 9.72 Å². The topological polar surface area (TPSA) is 84.3 Å². The first-order valence-corrected chi connectivity index (χ1v) is 6.42. The summed E-state index contributed by atoms with van der Waals surface area (Å²) in [5, 5.41) is 17.0. The van der Waals surface area contributed by atoms with E-state index in [0.717, 1.165) is 0 Å². The van der Waals surface area contributed by atoms with Gasteiger partial charge < -0.3 is 10.6 Å². The molecule has 0 aliphatic rings. The number of nitro benzene ring substituents is 1. The average molecular weight is 306 g/mol. The van der Waals surface area contributed by atoms with Gasteiger partial charge in [0.1, 0.15) is 5.56 Å². The minimum atomic E-state index is -0.587. The lowest BCUT2D eigenvalue weighted by atomic mass is 10.1. The Labute approximate surface area is 125 Å². The number of hydrogen-bond acceptors (Lipinski definition) is 4. The van der Waals surface area contributed by atoms with Crippen LogP contribution in [0.1, 0.15) is 10.4 Å². The first-order chi connectivity index (χ1) is 10.0. The third-order valence-electron chi connectivity index (χ3n) is 2.83. The van der Waals surface area contributed by atoms with Crippen molar-refractivity contribution in [1.82, 2.24) is 0 Å². The van der Waals surface area contributed by atoms with Gasteiger partial charge in [-0.25, -0.2) is 0 Å². The molecule has 0 aromatic heterocycles. The molecule has 2 N–H and O–H groups in total. The molecule has 0 unspecified atom stereocenters. The summed E-state index contributed by atoms with van der Waals surface area (Å²) in [5.74, 6) is -0.555. The molecule has 0 heterocycles. The van der Waals surface area contributed by atoms with E-state index in [9.17, 15) is 14.9 Å². The standard InChI is InChI=1S/C14H12ClN3O3/c1-16-11-6-7-13(18(20)21)12(8-11)14(19)17-10-4-2-9(15)3-5-10/h2-8,16H,1H3,(H,17,19). The number of nitrogens with one attached hydrogen (secondary N) is 2. The van der Waals surface area contributed by atoms with E-state index >= 15 is 0 Å². The van der Waals surface area contributed by atoms with E-state index in [4.69, 9.17) is 11.6 Å². The molecule has 2 aromatic rings. The van der Waals surface area contributed by atoms with E-state index in [1.165, 1.54) is 18.2 Å². The number of rotatable bonds is 4. The molecule has 6 nitrogen and oxygen atoms in total. The zero-order valence-electron chi connectivity index (χ0n) is 11.1. The van der Waals surface area contributed by atoms with Gasteiger partial charge in [0.2, 0.25) is 0 Å². The Morgan fingerprint density at radius 1 is 1.14 bits per heavy atom. The number of nitro groups is 1. The fourth-order valence-corrected chi connectivity index (χ4v) is 1.89. The zero-order valence-corrected chi connectivity index (χ0v) is 11.8. The minimum Gasteiger partial charge on any atom is -0.388 e. The second-order valence-electron chi connectivity index (χ2n) is 4.20. The van der Waals surface area contributed by atoms with Crippen LogP contribution in [0.4, 0.5) is 17.1 Å². The molecular weight excluding hydrogens is 294 g/mol. The Morgan fingerprint density at radius 2 is 1.76 bits per heavy atom. The third kappa shape index (κ3) is 3.49. The molecule has 0 radical (unpaired) electrons. The highest BCUT2D eigenvalue weighted by Crippen LogP contribution is 2.24. The summed E-state index contributed by atoms with van der Waals surface area (Å²) >= 11 is 5.76. The van der Waals surface area contributed by atoms with Gasteiger partial charge in [0, 0.05) is 29.5 Å². The average Bonchev–Trinajstić information content (AvgIpc) is 2.48. The Bertz CT molecular complexity index is 686. The number of carbonyl (C=O) groups excluding carboxylic acids is 1. The molecular formula is C14H12ClN3O3. The van der Waals surface area contributed by atoms with Crippen LogP contribution in [0.25, 0.3) is 0 Å². The van der Waals surface area contributed by atoms with Crippen LogP contribution in [0, 0.1) is 10.1 Å². The van der Waals surface area contributed by atoms with Crippen molar-refractivity contribution in [2.75, 3.05) is 17.7 Å². The third-order valence-corrected chi connectivity index (χ3v) is 3.08. The Kier molecular flexibility index (Phi) is 4.39. The number of benzene rings is 2. The predicted molar refractivity (Wildman–Crippen MR) is 82.0 cm³/mol. The Hall–Kier alpha value is -2.60. The van der Waals surface area contributed by atoms with Crippen LogP contribution in [0.5, 0.6) is 0 Å². The van der Waals surface area contributed by atoms with Gasteiger partial charge >= 0.3 is 0 Å². The number of hydrogen-bond donors (Lipinski definition) is 2. The van der Waals surface area contributed by atoms with Crippen LogP contribution in [0.15, 0.2) is 42.5 Å². The highest BCUT2D eigenvalue weighted by atomic mass is 35.5. The van der Waals surface area contributed by atoms with Gasteiger partial charge in [0.25, 0.3) is 11.6 Å². The van der Waals surface area contributed by atoms with Crippen molar-refractivity contribution in [3.05, 3.63) is 63.2 Å². The summed E-state index contributed by atoms with van der Waals surface area (Å²) in [7, 11) is 1.67. The van der Waals surface area contributed by atoms with Crippen molar-refractivity contribution in [2.45, 2.75) is 0 Å². The Balaban J connectivity index is 2.33. The molecule has 108 valence electrons. The zero-order chi connectivity index (χ0) is 15.4. The first kappa shape index (κ1) is 14.8. The molecule has 2 aromatic carbocycles. The fourth-order valence-electron chi connectivity index (χ4n) is 1.76. The maximum Gasteiger partial charge on any atom is 0.282 e. The van der Waals surface area contributed by atoms with Gasteiger partial charge in [0.05, 0.1) is 4.92 Å². The van der Waals surface area contributed by atoms with Crippen LogP contribution in [-0.2, 0) is 0 Å². The molecule has 0 bridgehead atoms. The summed E-state index contributed by atoms with van der Waals surface area (Å²) in [6.45, 7) is 0. The quantitative estimate of drug-likeness (QED) is 0.668. The van der Waals surface area contributed by atoms with Gasteiger partial charge in [-0.05, 0) is 36.4 Å². The van der Waals surface area contributed by atoms with Crippen LogP contribution >= 0.6 is 11.6 Å². The number of halogens is 1. The first-order valence-electron chi connectivity index (χ1n) is 6.04. The molecule has 0 spiro atoms. The lowest BCUT2D eigenvalue weighted by Gasteiger charge is -2.08. The van der Waals surface area contributed by atoms with E-state index in [1.807, 2.05) is 0 Å². The molecule has 0 aliphatic heterocycles. The van der Waals surface area contributed by atoms with Gasteiger partial charge in [-0.3, -0.25) is 14.9 Å². The van der Waals surface area contributed by atoms with Crippen molar-refractivity contribution >= 4 is 34.6 Å². The maximum atomic E-state index is 12.2. The molecule has 0 aliphatic carbocycles. The van der Waals surface area contributed by atoms with Crippen molar-refractivity contribution in [2.24, 2.45) is 0 Å². The van der Waals surface area contributed by atoms with Crippen LogP contribution in [0.2, 0.25) is 5.02 Å². The summed E-state index contributed by atoms with van der Waals surface area (Å²) in [6.07, 6.45) is 0. The Morgan fingerprint density at radius 3 is 2.33 bits per heavy atom. The van der Waals surface area contributed by atoms with E-state index in [1.54, 1.807) is 31.3 Å². The van der Waals surface area contributed by atoms with Crippen molar-refractivity contribution in [3.8, 4) is 0 Å².